The molecule has 1 aromatic heterocycles. The minimum atomic E-state index is -1.32. The van der Waals surface area contributed by atoms with Crippen LogP contribution in [-0.4, -0.2) is 31.3 Å². The van der Waals surface area contributed by atoms with Gasteiger partial charge in [0.15, 0.2) is 11.4 Å². The van der Waals surface area contributed by atoms with Crippen LogP contribution in [0.15, 0.2) is 24.3 Å². The van der Waals surface area contributed by atoms with E-state index in [2.05, 4.69) is 15.5 Å². The molecule has 1 unspecified atom stereocenters. The maximum Gasteiger partial charge on any atom is 0.331 e. The fraction of sp³-hybridized carbons (Fsp3) is 0.333. The molecule has 19 heavy (non-hydrogen) atoms. The van der Waals surface area contributed by atoms with E-state index in [-0.39, 0.29) is 17.8 Å². The Kier molecular flexibility index (Phi) is 3.28. The van der Waals surface area contributed by atoms with Crippen molar-refractivity contribution in [3.63, 3.8) is 0 Å². The zero-order valence-electron chi connectivity index (χ0n) is 10.5. The number of aliphatic carboxylic acids is 1. The third kappa shape index (κ3) is 2.07. The van der Waals surface area contributed by atoms with E-state index in [1.165, 1.54) is 19.1 Å². The van der Waals surface area contributed by atoms with Crippen LogP contribution in [0.3, 0.4) is 0 Å². The average Bonchev–Trinajstić information content (AvgIpc) is 2.87. The second-order valence-electron chi connectivity index (χ2n) is 4.33. The molecule has 0 aliphatic carbocycles. The average molecular weight is 264 g/mol. The van der Waals surface area contributed by atoms with Crippen molar-refractivity contribution in [3.05, 3.63) is 30.1 Å². The van der Waals surface area contributed by atoms with Gasteiger partial charge in [0.1, 0.15) is 5.82 Å². The Bertz CT molecular complexity index is 613. The lowest BCUT2D eigenvalue weighted by molar-refractivity contribution is -0.147. The van der Waals surface area contributed by atoms with Gasteiger partial charge in [-0.25, -0.2) is 13.9 Å². The lowest BCUT2D eigenvalue weighted by Gasteiger charge is -2.24. The molecule has 6 nitrogen and oxygen atoms in total. The Balaban J connectivity index is 2.61. The molecule has 2 rings (SSSR count). The van der Waals surface area contributed by atoms with Crippen molar-refractivity contribution in [2.75, 3.05) is 0 Å². The molecule has 7 heteroatoms. The van der Waals surface area contributed by atoms with Crippen LogP contribution in [-0.2, 0) is 10.3 Å². The number of carboxylic acids is 1. The molecule has 0 aliphatic rings. The molecule has 1 aromatic carbocycles. The molecule has 0 amide bonds. The van der Waals surface area contributed by atoms with Gasteiger partial charge < -0.3 is 5.11 Å². The van der Waals surface area contributed by atoms with Gasteiger partial charge in [-0.05, 0) is 35.9 Å². The smallest absolute Gasteiger partial charge is 0.331 e. The number of halogens is 1. The van der Waals surface area contributed by atoms with Crippen molar-refractivity contribution >= 4 is 5.97 Å². The maximum absolute atomic E-state index is 13.8. The number of benzene rings is 1. The van der Waals surface area contributed by atoms with E-state index >= 15 is 0 Å². The predicted molar refractivity (Wildman–Crippen MR) is 64.8 cm³/mol. The largest absolute Gasteiger partial charge is 0.479 e. The van der Waals surface area contributed by atoms with Crippen LogP contribution in [0.1, 0.15) is 20.3 Å². The molecule has 1 atom stereocenters. The van der Waals surface area contributed by atoms with E-state index < -0.39 is 17.3 Å². The summed E-state index contributed by atoms with van der Waals surface area (Å²) in [5.41, 5.74) is -1.14. The molecule has 0 aliphatic heterocycles. The number of hydrogen-bond acceptors (Lipinski definition) is 4. The summed E-state index contributed by atoms with van der Waals surface area (Å²) in [5, 5.41) is 20.3. The highest BCUT2D eigenvalue weighted by molar-refractivity contribution is 5.77. The van der Waals surface area contributed by atoms with Crippen LogP contribution < -0.4 is 0 Å². The molecule has 0 radical (unpaired) electrons. The molecular weight excluding hydrogens is 251 g/mol. The minimum Gasteiger partial charge on any atom is -0.479 e. The molecule has 0 saturated heterocycles. The summed E-state index contributed by atoms with van der Waals surface area (Å²) in [6, 6.07) is 5.97. The highest BCUT2D eigenvalue weighted by Crippen LogP contribution is 2.27. The molecule has 0 bridgehead atoms. The van der Waals surface area contributed by atoms with Crippen molar-refractivity contribution in [1.29, 1.82) is 0 Å². The Morgan fingerprint density at radius 1 is 1.47 bits per heavy atom. The van der Waals surface area contributed by atoms with Crippen molar-refractivity contribution < 1.29 is 14.3 Å². The number of rotatable bonds is 4. The third-order valence-corrected chi connectivity index (χ3v) is 3.20. The SMILES string of the molecule is CCC(C)(C(=O)O)n1nnnc1-c1ccccc1F. The lowest BCUT2D eigenvalue weighted by atomic mass is 9.99. The maximum atomic E-state index is 13.8. The molecule has 2 aromatic rings. The van der Waals surface area contributed by atoms with Crippen LogP contribution in [0, 0.1) is 5.82 Å². The van der Waals surface area contributed by atoms with E-state index in [0.717, 1.165) is 4.68 Å². The molecule has 1 N–H and O–H groups in total. The summed E-state index contributed by atoms with van der Waals surface area (Å²) in [4.78, 5) is 11.4. The van der Waals surface area contributed by atoms with E-state index in [1.807, 2.05) is 0 Å². The standard InChI is InChI=1S/C12H13FN4O2/c1-3-12(2,11(18)19)17-10(14-15-16-17)8-6-4-5-7-9(8)13/h4-7H,3H2,1-2H3,(H,18,19). The summed E-state index contributed by atoms with van der Waals surface area (Å²) in [6.45, 7) is 3.21. The van der Waals surface area contributed by atoms with Crippen LogP contribution >= 0.6 is 0 Å². The molecule has 100 valence electrons. The highest BCUT2D eigenvalue weighted by atomic mass is 19.1. The van der Waals surface area contributed by atoms with Gasteiger partial charge in [-0.3, -0.25) is 0 Å². The number of aromatic nitrogens is 4. The van der Waals surface area contributed by atoms with Crippen LogP contribution in [0.4, 0.5) is 4.39 Å². The fourth-order valence-corrected chi connectivity index (χ4v) is 1.72. The van der Waals surface area contributed by atoms with Gasteiger partial charge in [0.2, 0.25) is 0 Å². The van der Waals surface area contributed by atoms with E-state index in [9.17, 15) is 14.3 Å². The van der Waals surface area contributed by atoms with E-state index in [1.54, 1.807) is 19.1 Å². The summed E-state index contributed by atoms with van der Waals surface area (Å²) in [6.07, 6.45) is 0.273. The Labute approximate surface area is 108 Å². The number of carbonyl (C=O) groups is 1. The zero-order chi connectivity index (χ0) is 14.0. The second-order valence-corrected chi connectivity index (χ2v) is 4.33. The van der Waals surface area contributed by atoms with Gasteiger partial charge in [0.25, 0.3) is 0 Å². The minimum absolute atomic E-state index is 0.102. The molecule has 1 heterocycles. The van der Waals surface area contributed by atoms with Gasteiger partial charge in [-0.15, -0.1) is 5.10 Å². The van der Waals surface area contributed by atoms with Gasteiger partial charge in [-0.2, -0.15) is 0 Å². The van der Waals surface area contributed by atoms with Crippen LogP contribution in [0.25, 0.3) is 11.4 Å². The Morgan fingerprint density at radius 2 is 2.16 bits per heavy atom. The first kappa shape index (κ1) is 13.1. The second kappa shape index (κ2) is 4.75. The van der Waals surface area contributed by atoms with Gasteiger partial charge in [0.05, 0.1) is 5.56 Å². The zero-order valence-corrected chi connectivity index (χ0v) is 10.5. The number of hydrogen-bond donors (Lipinski definition) is 1. The van der Waals surface area contributed by atoms with Crippen molar-refractivity contribution in [2.45, 2.75) is 25.8 Å². The van der Waals surface area contributed by atoms with Crippen molar-refractivity contribution in [1.82, 2.24) is 20.2 Å². The topological polar surface area (TPSA) is 80.9 Å². The van der Waals surface area contributed by atoms with Crippen molar-refractivity contribution in [2.24, 2.45) is 0 Å². The van der Waals surface area contributed by atoms with Crippen molar-refractivity contribution in [3.8, 4) is 11.4 Å². The Hall–Kier alpha value is -2.31. The highest BCUT2D eigenvalue weighted by Gasteiger charge is 2.37. The van der Waals surface area contributed by atoms with Crippen LogP contribution in [0.2, 0.25) is 0 Å². The van der Waals surface area contributed by atoms with E-state index in [4.69, 9.17) is 0 Å². The number of nitrogens with zero attached hydrogens (tertiary/aromatic N) is 4. The lowest BCUT2D eigenvalue weighted by Crippen LogP contribution is -2.39. The summed E-state index contributed by atoms with van der Waals surface area (Å²) in [7, 11) is 0. The Morgan fingerprint density at radius 3 is 2.74 bits per heavy atom. The van der Waals surface area contributed by atoms with Crippen LogP contribution in [0.5, 0.6) is 0 Å². The first-order valence-corrected chi connectivity index (χ1v) is 5.78. The monoisotopic (exact) mass is 264 g/mol. The van der Waals surface area contributed by atoms with E-state index in [0.29, 0.717) is 0 Å². The molecular formula is C12H13FN4O2. The number of carboxylic acid groups (broad SMARTS) is 1. The predicted octanol–water partition coefficient (Wildman–Crippen LogP) is 1.69. The quantitative estimate of drug-likeness (QED) is 0.908. The van der Waals surface area contributed by atoms with Gasteiger partial charge in [0, 0.05) is 0 Å². The summed E-state index contributed by atoms with van der Waals surface area (Å²) >= 11 is 0. The molecule has 0 saturated carbocycles. The van der Waals surface area contributed by atoms with Gasteiger partial charge in [-0.1, -0.05) is 19.1 Å². The first-order chi connectivity index (χ1) is 9.00. The summed E-state index contributed by atoms with van der Waals surface area (Å²) in [5.74, 6) is -1.47. The van der Waals surface area contributed by atoms with Gasteiger partial charge >= 0.3 is 5.97 Å². The number of tetrazole rings is 1. The first-order valence-electron chi connectivity index (χ1n) is 5.78. The summed E-state index contributed by atoms with van der Waals surface area (Å²) < 4.78 is 14.9. The molecule has 0 fully saturated rings. The fourth-order valence-electron chi connectivity index (χ4n) is 1.72. The molecule has 0 spiro atoms. The normalized spacial score (nSPS) is 14.1. The third-order valence-electron chi connectivity index (χ3n) is 3.20.